The second-order valence-electron chi connectivity index (χ2n) is 6.67. The Bertz CT molecular complexity index is 373. The quantitative estimate of drug-likeness (QED) is 0.840. The van der Waals surface area contributed by atoms with Crippen molar-refractivity contribution >= 4 is 9.84 Å². The van der Waals surface area contributed by atoms with Gasteiger partial charge in [-0.25, -0.2) is 8.42 Å². The lowest BCUT2D eigenvalue weighted by Crippen LogP contribution is -2.49. The van der Waals surface area contributed by atoms with Crippen LogP contribution in [0.3, 0.4) is 0 Å². The lowest BCUT2D eigenvalue weighted by molar-refractivity contribution is 0.164. The zero-order chi connectivity index (χ0) is 14.7. The third-order valence-electron chi connectivity index (χ3n) is 4.42. The molecule has 5 heteroatoms. The number of methoxy groups -OCH3 is 1. The van der Waals surface area contributed by atoms with Crippen molar-refractivity contribution in [2.45, 2.75) is 51.3 Å². The van der Waals surface area contributed by atoms with Crippen molar-refractivity contribution in [1.29, 1.82) is 0 Å². The van der Waals surface area contributed by atoms with E-state index in [9.17, 15) is 8.42 Å². The van der Waals surface area contributed by atoms with Crippen LogP contribution >= 0.6 is 0 Å². The van der Waals surface area contributed by atoms with Crippen LogP contribution in [0.25, 0.3) is 0 Å². The van der Waals surface area contributed by atoms with Crippen LogP contribution < -0.4 is 5.32 Å². The van der Waals surface area contributed by atoms with Gasteiger partial charge in [-0.15, -0.1) is 0 Å². The van der Waals surface area contributed by atoms with E-state index in [1.807, 2.05) is 7.05 Å². The largest absolute Gasteiger partial charge is 0.384 e. The number of hydrogen-bond acceptors (Lipinski definition) is 4. The highest BCUT2D eigenvalue weighted by molar-refractivity contribution is 7.92. The van der Waals surface area contributed by atoms with Crippen LogP contribution in [0.5, 0.6) is 0 Å². The summed E-state index contributed by atoms with van der Waals surface area (Å²) in [5.41, 5.74) is 0.174. The first kappa shape index (κ1) is 16.9. The number of sulfone groups is 1. The molecule has 1 rings (SSSR count). The Morgan fingerprint density at radius 3 is 2.37 bits per heavy atom. The summed E-state index contributed by atoms with van der Waals surface area (Å²) in [6, 6.07) is 0.0838. The zero-order valence-electron chi connectivity index (χ0n) is 12.9. The molecule has 114 valence electrons. The third kappa shape index (κ3) is 4.43. The molecule has 0 aromatic heterocycles. The van der Waals surface area contributed by atoms with Crippen LogP contribution in [-0.2, 0) is 14.6 Å². The van der Waals surface area contributed by atoms with Crippen molar-refractivity contribution in [1.82, 2.24) is 5.32 Å². The standard InChI is InChI=1S/C14H29NO3S/c1-14(2,3)11-6-7-12(15-4)13(10-11)19(16,17)9-8-18-5/h11-13,15H,6-10H2,1-5H3. The van der Waals surface area contributed by atoms with E-state index >= 15 is 0 Å². The van der Waals surface area contributed by atoms with Gasteiger partial charge in [-0.2, -0.15) is 0 Å². The minimum absolute atomic E-state index is 0.0838. The van der Waals surface area contributed by atoms with Gasteiger partial charge in [0.25, 0.3) is 0 Å². The second kappa shape index (κ2) is 6.55. The first-order valence-electron chi connectivity index (χ1n) is 7.10. The molecule has 0 aromatic carbocycles. The van der Waals surface area contributed by atoms with Gasteiger partial charge < -0.3 is 10.1 Å². The highest BCUT2D eigenvalue weighted by Gasteiger charge is 2.41. The van der Waals surface area contributed by atoms with Crippen molar-refractivity contribution in [3.63, 3.8) is 0 Å². The van der Waals surface area contributed by atoms with Crippen LogP contribution in [0.15, 0.2) is 0 Å². The van der Waals surface area contributed by atoms with E-state index in [1.54, 1.807) is 7.11 Å². The fraction of sp³-hybridized carbons (Fsp3) is 1.00. The number of rotatable bonds is 5. The van der Waals surface area contributed by atoms with E-state index in [-0.39, 0.29) is 29.1 Å². The Morgan fingerprint density at radius 1 is 1.26 bits per heavy atom. The van der Waals surface area contributed by atoms with Crippen LogP contribution in [0.2, 0.25) is 0 Å². The maximum atomic E-state index is 12.5. The Hall–Kier alpha value is -0.130. The summed E-state index contributed by atoms with van der Waals surface area (Å²) < 4.78 is 29.9. The molecule has 0 amide bonds. The van der Waals surface area contributed by atoms with Gasteiger partial charge >= 0.3 is 0 Å². The van der Waals surface area contributed by atoms with Crippen molar-refractivity contribution in [3.8, 4) is 0 Å². The minimum atomic E-state index is -3.09. The van der Waals surface area contributed by atoms with Crippen LogP contribution in [0.1, 0.15) is 40.0 Å². The maximum Gasteiger partial charge on any atom is 0.156 e. The van der Waals surface area contributed by atoms with Crippen molar-refractivity contribution < 1.29 is 13.2 Å². The summed E-state index contributed by atoms with van der Waals surface area (Å²) in [5.74, 6) is 0.600. The zero-order valence-corrected chi connectivity index (χ0v) is 13.7. The molecule has 0 radical (unpaired) electrons. The molecule has 19 heavy (non-hydrogen) atoms. The smallest absolute Gasteiger partial charge is 0.156 e. The van der Waals surface area contributed by atoms with Gasteiger partial charge in [-0.1, -0.05) is 20.8 Å². The molecule has 1 saturated carbocycles. The lowest BCUT2D eigenvalue weighted by Gasteiger charge is -2.41. The molecule has 0 aromatic rings. The topological polar surface area (TPSA) is 55.4 Å². The number of ether oxygens (including phenoxy) is 1. The fourth-order valence-corrected chi connectivity index (χ4v) is 4.99. The average Bonchev–Trinajstić information content (AvgIpc) is 2.34. The molecule has 3 unspecified atom stereocenters. The summed E-state index contributed by atoms with van der Waals surface area (Å²) in [7, 11) is 0.320. The normalized spacial score (nSPS) is 29.4. The second-order valence-corrected chi connectivity index (χ2v) is 9.01. The molecule has 1 aliphatic carbocycles. The van der Waals surface area contributed by atoms with Crippen molar-refractivity contribution in [3.05, 3.63) is 0 Å². The van der Waals surface area contributed by atoms with Gasteiger partial charge in [0.15, 0.2) is 9.84 Å². The van der Waals surface area contributed by atoms with Crippen LogP contribution in [0, 0.1) is 11.3 Å². The van der Waals surface area contributed by atoms with E-state index in [1.165, 1.54) is 0 Å². The van der Waals surface area contributed by atoms with Crippen molar-refractivity contribution in [2.75, 3.05) is 26.5 Å². The van der Waals surface area contributed by atoms with E-state index in [0.717, 1.165) is 19.3 Å². The molecular weight excluding hydrogens is 262 g/mol. The predicted octanol–water partition coefficient (Wildman–Crippen LogP) is 1.85. The van der Waals surface area contributed by atoms with Crippen molar-refractivity contribution in [2.24, 2.45) is 11.3 Å². The molecular formula is C14H29NO3S. The molecule has 1 N–H and O–H groups in total. The molecule has 4 nitrogen and oxygen atoms in total. The Labute approximate surface area is 118 Å². The molecule has 0 bridgehead atoms. The molecule has 0 aliphatic heterocycles. The Kier molecular flexibility index (Phi) is 5.83. The highest BCUT2D eigenvalue weighted by Crippen LogP contribution is 2.40. The fourth-order valence-electron chi connectivity index (χ4n) is 2.99. The van der Waals surface area contributed by atoms with E-state index < -0.39 is 9.84 Å². The lowest BCUT2D eigenvalue weighted by atomic mass is 9.71. The highest BCUT2D eigenvalue weighted by atomic mass is 32.2. The van der Waals surface area contributed by atoms with Gasteiger partial charge in [0.2, 0.25) is 0 Å². The Balaban J connectivity index is 2.86. The molecule has 1 fully saturated rings. The maximum absolute atomic E-state index is 12.5. The third-order valence-corrected chi connectivity index (χ3v) is 6.60. The summed E-state index contributed by atoms with van der Waals surface area (Å²) in [6.45, 7) is 6.90. The summed E-state index contributed by atoms with van der Waals surface area (Å²) >= 11 is 0. The Morgan fingerprint density at radius 2 is 1.89 bits per heavy atom. The summed E-state index contributed by atoms with van der Waals surface area (Å²) in [4.78, 5) is 0. The number of nitrogens with one attached hydrogen (secondary N) is 1. The van der Waals surface area contributed by atoms with Gasteiger partial charge in [-0.05, 0) is 37.6 Å². The molecule has 0 saturated heterocycles. The molecule has 0 heterocycles. The van der Waals surface area contributed by atoms with Gasteiger partial charge in [0.1, 0.15) is 0 Å². The predicted molar refractivity (Wildman–Crippen MR) is 79.1 cm³/mol. The van der Waals surface area contributed by atoms with Gasteiger partial charge in [0.05, 0.1) is 17.6 Å². The van der Waals surface area contributed by atoms with Crippen LogP contribution in [0.4, 0.5) is 0 Å². The van der Waals surface area contributed by atoms with Gasteiger partial charge in [0, 0.05) is 13.2 Å². The first-order valence-corrected chi connectivity index (χ1v) is 8.81. The van der Waals surface area contributed by atoms with Crippen LogP contribution in [-0.4, -0.2) is 46.2 Å². The molecule has 3 atom stereocenters. The minimum Gasteiger partial charge on any atom is -0.384 e. The SMILES string of the molecule is CNC1CCC(C(C)(C)C)CC1S(=O)(=O)CCOC. The van der Waals surface area contributed by atoms with E-state index in [0.29, 0.717) is 5.92 Å². The number of hydrogen-bond donors (Lipinski definition) is 1. The first-order chi connectivity index (χ1) is 8.72. The average molecular weight is 291 g/mol. The summed E-state index contributed by atoms with van der Waals surface area (Å²) in [6.07, 6.45) is 2.81. The van der Waals surface area contributed by atoms with E-state index in [2.05, 4.69) is 26.1 Å². The monoisotopic (exact) mass is 291 g/mol. The summed E-state index contributed by atoms with van der Waals surface area (Å²) in [5, 5.41) is 2.92. The molecule has 0 spiro atoms. The van der Waals surface area contributed by atoms with Gasteiger partial charge in [-0.3, -0.25) is 0 Å². The van der Waals surface area contributed by atoms with E-state index in [4.69, 9.17) is 4.74 Å². The molecule has 1 aliphatic rings.